The van der Waals surface area contributed by atoms with Crippen LogP contribution < -0.4 is 10.6 Å². The molecule has 0 aliphatic carbocycles. The number of nitrogens with zero attached hydrogens (tertiary/aromatic N) is 1. The van der Waals surface area contributed by atoms with E-state index in [0.29, 0.717) is 24.3 Å². The fraction of sp³-hybridized carbons (Fsp3) is 0.375. The Balaban J connectivity index is 2.20. The molecule has 2 rings (SSSR count). The Labute approximate surface area is 123 Å². The smallest absolute Gasteiger partial charge is 0.149 e. The Morgan fingerprint density at radius 3 is 2.48 bits per heavy atom. The van der Waals surface area contributed by atoms with Crippen LogP contribution in [-0.2, 0) is 13.0 Å². The average molecular weight is 294 g/mol. The number of anilines is 1. The van der Waals surface area contributed by atoms with E-state index in [9.17, 15) is 8.78 Å². The summed E-state index contributed by atoms with van der Waals surface area (Å²) in [6.07, 6.45) is 2.76. The molecule has 0 radical (unpaired) electrons. The number of nitrogens with two attached hydrogens (primary N) is 1. The summed E-state index contributed by atoms with van der Waals surface area (Å²) in [5, 5.41) is 0. The molecule has 114 valence electrons. The summed E-state index contributed by atoms with van der Waals surface area (Å²) in [5.74, 6) is -0.516. The van der Waals surface area contributed by atoms with Gasteiger partial charge < -0.3 is 15.1 Å². The fourth-order valence-corrected chi connectivity index (χ4v) is 2.26. The number of benzene rings is 1. The van der Waals surface area contributed by atoms with Gasteiger partial charge in [-0.2, -0.15) is 0 Å². The van der Waals surface area contributed by atoms with Gasteiger partial charge in [0.15, 0.2) is 0 Å². The molecule has 0 bridgehead atoms. The molecule has 21 heavy (non-hydrogen) atoms. The zero-order chi connectivity index (χ0) is 15.4. The minimum absolute atomic E-state index is 0.0554. The van der Waals surface area contributed by atoms with E-state index in [0.717, 1.165) is 6.42 Å². The Bertz CT molecular complexity index is 561. The van der Waals surface area contributed by atoms with Crippen LogP contribution in [0.5, 0.6) is 0 Å². The number of hydrogen-bond acceptors (Lipinski definition) is 3. The summed E-state index contributed by atoms with van der Waals surface area (Å²) in [5.41, 5.74) is 6.35. The molecule has 0 saturated heterocycles. The minimum Gasteiger partial charge on any atom is -0.467 e. The Kier molecular flexibility index (Phi) is 4.96. The molecule has 0 aliphatic rings. The highest BCUT2D eigenvalue weighted by molar-refractivity contribution is 5.50. The maximum absolute atomic E-state index is 14.2. The van der Waals surface area contributed by atoms with Gasteiger partial charge in [-0.05, 0) is 42.7 Å². The van der Waals surface area contributed by atoms with Gasteiger partial charge in [-0.15, -0.1) is 0 Å². The predicted molar refractivity (Wildman–Crippen MR) is 79.1 cm³/mol. The van der Waals surface area contributed by atoms with Gasteiger partial charge in [0.1, 0.15) is 23.1 Å². The van der Waals surface area contributed by atoms with Crippen molar-refractivity contribution in [1.29, 1.82) is 0 Å². The number of furan rings is 1. The topological polar surface area (TPSA) is 42.4 Å². The van der Waals surface area contributed by atoms with E-state index in [1.165, 1.54) is 23.3 Å². The van der Waals surface area contributed by atoms with Gasteiger partial charge >= 0.3 is 0 Å². The molecule has 1 atom stereocenters. The highest BCUT2D eigenvalue weighted by Crippen LogP contribution is 2.26. The van der Waals surface area contributed by atoms with Gasteiger partial charge in [0.2, 0.25) is 0 Å². The second-order valence-corrected chi connectivity index (χ2v) is 5.22. The lowest BCUT2D eigenvalue weighted by atomic mass is 10.0. The van der Waals surface area contributed by atoms with Gasteiger partial charge in [0.05, 0.1) is 12.8 Å². The first-order chi connectivity index (χ1) is 10.0. The largest absolute Gasteiger partial charge is 0.467 e. The van der Waals surface area contributed by atoms with Gasteiger partial charge in [-0.3, -0.25) is 0 Å². The summed E-state index contributed by atoms with van der Waals surface area (Å²) in [6, 6.07) is 6.13. The number of rotatable bonds is 6. The molecule has 0 aliphatic heterocycles. The molecule has 1 unspecified atom stereocenters. The quantitative estimate of drug-likeness (QED) is 0.887. The van der Waals surface area contributed by atoms with Gasteiger partial charge in [-0.1, -0.05) is 6.92 Å². The van der Waals surface area contributed by atoms with Crippen molar-refractivity contribution in [2.24, 2.45) is 5.73 Å². The van der Waals surface area contributed by atoms with E-state index >= 15 is 0 Å². The van der Waals surface area contributed by atoms with Crippen molar-refractivity contribution in [1.82, 2.24) is 0 Å². The lowest BCUT2D eigenvalue weighted by molar-refractivity contribution is 0.501. The van der Waals surface area contributed by atoms with Crippen molar-refractivity contribution in [3.63, 3.8) is 0 Å². The van der Waals surface area contributed by atoms with Crippen LogP contribution in [0.2, 0.25) is 0 Å². The third kappa shape index (κ3) is 3.82. The third-order valence-electron chi connectivity index (χ3n) is 3.45. The normalized spacial score (nSPS) is 12.4. The molecule has 1 aromatic carbocycles. The molecule has 2 aromatic rings. The Morgan fingerprint density at radius 2 is 1.95 bits per heavy atom. The SMILES string of the molecule is CCC(N)Cc1cc(F)c(N(C)Cc2ccco2)c(F)c1. The summed E-state index contributed by atoms with van der Waals surface area (Å²) >= 11 is 0. The molecule has 0 fully saturated rings. The molecule has 1 heterocycles. The maximum Gasteiger partial charge on any atom is 0.149 e. The molecule has 2 N–H and O–H groups in total. The van der Waals surface area contributed by atoms with Crippen molar-refractivity contribution >= 4 is 5.69 Å². The van der Waals surface area contributed by atoms with E-state index in [1.807, 2.05) is 6.92 Å². The zero-order valence-electron chi connectivity index (χ0n) is 12.3. The van der Waals surface area contributed by atoms with Crippen LogP contribution in [0, 0.1) is 11.6 Å². The average Bonchev–Trinajstić information content (AvgIpc) is 2.90. The van der Waals surface area contributed by atoms with Gasteiger partial charge in [-0.25, -0.2) is 8.78 Å². The molecule has 0 saturated carbocycles. The van der Waals surface area contributed by atoms with E-state index in [1.54, 1.807) is 19.2 Å². The highest BCUT2D eigenvalue weighted by atomic mass is 19.1. The van der Waals surface area contributed by atoms with Crippen LogP contribution in [0.1, 0.15) is 24.7 Å². The zero-order valence-corrected chi connectivity index (χ0v) is 12.3. The van der Waals surface area contributed by atoms with E-state index in [-0.39, 0.29) is 11.7 Å². The summed E-state index contributed by atoms with van der Waals surface area (Å²) in [6.45, 7) is 2.25. The van der Waals surface area contributed by atoms with Crippen molar-refractivity contribution in [3.8, 4) is 0 Å². The van der Waals surface area contributed by atoms with Crippen molar-refractivity contribution in [2.75, 3.05) is 11.9 Å². The Hall–Kier alpha value is -1.88. The maximum atomic E-state index is 14.2. The van der Waals surface area contributed by atoms with Crippen LogP contribution in [0.4, 0.5) is 14.5 Å². The number of halogens is 2. The predicted octanol–water partition coefficient (Wildman–Crippen LogP) is 3.47. The third-order valence-corrected chi connectivity index (χ3v) is 3.45. The summed E-state index contributed by atoms with van der Waals surface area (Å²) < 4.78 is 33.6. The highest BCUT2D eigenvalue weighted by Gasteiger charge is 2.17. The first-order valence-electron chi connectivity index (χ1n) is 6.98. The number of hydrogen-bond donors (Lipinski definition) is 1. The molecular weight excluding hydrogens is 274 g/mol. The van der Waals surface area contributed by atoms with Crippen molar-refractivity contribution < 1.29 is 13.2 Å². The fourth-order valence-electron chi connectivity index (χ4n) is 2.26. The molecule has 5 heteroatoms. The van der Waals surface area contributed by atoms with E-state index in [4.69, 9.17) is 10.2 Å². The standard InChI is InChI=1S/C16H20F2N2O/c1-3-12(19)7-11-8-14(17)16(15(18)9-11)20(2)10-13-5-4-6-21-13/h4-6,8-9,12H,3,7,10,19H2,1-2H3. The van der Waals surface area contributed by atoms with Crippen LogP contribution in [0.3, 0.4) is 0 Å². The van der Waals surface area contributed by atoms with E-state index in [2.05, 4.69) is 0 Å². The van der Waals surface area contributed by atoms with Crippen molar-refractivity contribution in [2.45, 2.75) is 32.4 Å². The first-order valence-corrected chi connectivity index (χ1v) is 6.98. The minimum atomic E-state index is -0.581. The molecule has 3 nitrogen and oxygen atoms in total. The van der Waals surface area contributed by atoms with Crippen molar-refractivity contribution in [3.05, 3.63) is 53.5 Å². The second kappa shape index (κ2) is 6.72. The lowest BCUT2D eigenvalue weighted by Gasteiger charge is -2.20. The Morgan fingerprint density at radius 1 is 1.29 bits per heavy atom. The van der Waals surface area contributed by atoms with Crippen LogP contribution in [-0.4, -0.2) is 13.1 Å². The molecule has 0 spiro atoms. The lowest BCUT2D eigenvalue weighted by Crippen LogP contribution is -2.22. The van der Waals surface area contributed by atoms with Gasteiger partial charge in [0, 0.05) is 13.1 Å². The van der Waals surface area contributed by atoms with Crippen LogP contribution >= 0.6 is 0 Å². The van der Waals surface area contributed by atoms with Crippen LogP contribution in [0.25, 0.3) is 0 Å². The summed E-state index contributed by atoms with van der Waals surface area (Å²) in [7, 11) is 1.63. The second-order valence-electron chi connectivity index (χ2n) is 5.22. The van der Waals surface area contributed by atoms with Gasteiger partial charge in [0.25, 0.3) is 0 Å². The first kappa shape index (κ1) is 15.5. The van der Waals surface area contributed by atoms with Crippen LogP contribution in [0.15, 0.2) is 34.9 Å². The molecular formula is C16H20F2N2O. The molecule has 1 aromatic heterocycles. The molecule has 0 amide bonds. The monoisotopic (exact) mass is 294 g/mol. The summed E-state index contributed by atoms with van der Waals surface area (Å²) in [4.78, 5) is 1.49. The van der Waals surface area contributed by atoms with E-state index < -0.39 is 11.6 Å².